The fourth-order valence-electron chi connectivity index (χ4n) is 1.96. The van der Waals surface area contributed by atoms with E-state index in [4.69, 9.17) is 5.73 Å². The molecule has 94 valence electrons. The largest absolute Gasteiger partial charge is 0.399 e. The Morgan fingerprint density at radius 2 is 1.94 bits per heavy atom. The van der Waals surface area contributed by atoms with E-state index in [1.54, 1.807) is 6.20 Å². The highest BCUT2D eigenvalue weighted by Gasteiger charge is 2.03. The Morgan fingerprint density at radius 1 is 1.17 bits per heavy atom. The van der Waals surface area contributed by atoms with Gasteiger partial charge >= 0.3 is 0 Å². The molecule has 3 heteroatoms. The van der Waals surface area contributed by atoms with Crippen LogP contribution in [0.5, 0.6) is 0 Å². The molecule has 0 saturated carbocycles. The van der Waals surface area contributed by atoms with Crippen LogP contribution in [-0.4, -0.2) is 16.9 Å². The van der Waals surface area contributed by atoms with Gasteiger partial charge in [0.25, 0.3) is 0 Å². The summed E-state index contributed by atoms with van der Waals surface area (Å²) in [5.74, 6) is 0. The van der Waals surface area contributed by atoms with Crippen LogP contribution in [-0.2, 0) is 13.1 Å². The molecule has 0 bridgehead atoms. The Labute approximate surface area is 108 Å². The lowest BCUT2D eigenvalue weighted by molar-refractivity contribution is 0.319. The number of hydrogen-bond acceptors (Lipinski definition) is 3. The van der Waals surface area contributed by atoms with Crippen molar-refractivity contribution in [3.8, 4) is 0 Å². The number of hydrogen-bond donors (Lipinski definition) is 1. The van der Waals surface area contributed by atoms with Crippen molar-refractivity contribution in [1.29, 1.82) is 0 Å². The van der Waals surface area contributed by atoms with E-state index < -0.39 is 0 Å². The van der Waals surface area contributed by atoms with Gasteiger partial charge in [0.15, 0.2) is 0 Å². The summed E-state index contributed by atoms with van der Waals surface area (Å²) in [5.41, 5.74) is 10.4. The number of nitrogen functional groups attached to an aromatic ring is 1. The summed E-state index contributed by atoms with van der Waals surface area (Å²) < 4.78 is 0. The van der Waals surface area contributed by atoms with Crippen molar-refractivity contribution >= 4 is 5.69 Å². The molecule has 0 fully saturated rings. The number of nitrogens with two attached hydrogens (primary N) is 1. The molecule has 2 aromatic rings. The van der Waals surface area contributed by atoms with E-state index in [0.29, 0.717) is 0 Å². The Morgan fingerprint density at radius 3 is 2.61 bits per heavy atom. The zero-order chi connectivity index (χ0) is 13.0. The molecular formula is C15H19N3. The maximum atomic E-state index is 5.92. The SMILES string of the molecule is Cc1ccc(CN(C)Cc2cccnc2)cc1N. The van der Waals surface area contributed by atoms with E-state index in [9.17, 15) is 0 Å². The molecule has 0 aliphatic heterocycles. The van der Waals surface area contributed by atoms with E-state index in [1.807, 2.05) is 19.2 Å². The second kappa shape index (κ2) is 5.65. The minimum Gasteiger partial charge on any atom is -0.399 e. The lowest BCUT2D eigenvalue weighted by atomic mass is 10.1. The summed E-state index contributed by atoms with van der Waals surface area (Å²) in [5, 5.41) is 0. The fourth-order valence-corrected chi connectivity index (χ4v) is 1.96. The Hall–Kier alpha value is -1.87. The predicted octanol–water partition coefficient (Wildman–Crippen LogP) is 2.60. The lowest BCUT2D eigenvalue weighted by Crippen LogP contribution is -2.17. The topological polar surface area (TPSA) is 42.2 Å². The fraction of sp³-hybridized carbons (Fsp3) is 0.267. The molecule has 0 radical (unpaired) electrons. The first-order chi connectivity index (χ1) is 8.65. The van der Waals surface area contributed by atoms with Crippen molar-refractivity contribution in [3.05, 3.63) is 59.4 Å². The number of benzene rings is 1. The first kappa shape index (κ1) is 12.6. The molecule has 1 aromatic heterocycles. The highest BCUT2D eigenvalue weighted by Crippen LogP contribution is 2.14. The molecule has 2 N–H and O–H groups in total. The highest BCUT2D eigenvalue weighted by atomic mass is 15.1. The molecule has 18 heavy (non-hydrogen) atoms. The van der Waals surface area contributed by atoms with Gasteiger partial charge in [-0.3, -0.25) is 9.88 Å². The molecular weight excluding hydrogens is 222 g/mol. The van der Waals surface area contributed by atoms with Gasteiger partial charge in [-0.25, -0.2) is 0 Å². The second-order valence-electron chi connectivity index (χ2n) is 4.72. The van der Waals surface area contributed by atoms with Crippen LogP contribution < -0.4 is 5.73 Å². The van der Waals surface area contributed by atoms with Crippen LogP contribution in [0.1, 0.15) is 16.7 Å². The summed E-state index contributed by atoms with van der Waals surface area (Å²) in [4.78, 5) is 6.37. The standard InChI is InChI=1S/C15H19N3/c1-12-5-6-13(8-15(12)16)10-18(2)11-14-4-3-7-17-9-14/h3-9H,10-11,16H2,1-2H3. The molecule has 0 amide bonds. The molecule has 0 saturated heterocycles. The summed E-state index contributed by atoms with van der Waals surface area (Å²) in [7, 11) is 2.10. The summed E-state index contributed by atoms with van der Waals surface area (Å²) >= 11 is 0. The first-order valence-corrected chi connectivity index (χ1v) is 6.07. The van der Waals surface area contributed by atoms with Gasteiger partial charge in [0.1, 0.15) is 0 Å². The lowest BCUT2D eigenvalue weighted by Gasteiger charge is -2.17. The minimum atomic E-state index is 0.863. The smallest absolute Gasteiger partial charge is 0.0346 e. The van der Waals surface area contributed by atoms with E-state index in [1.165, 1.54) is 11.1 Å². The minimum absolute atomic E-state index is 0.863. The average Bonchev–Trinajstić information content (AvgIpc) is 2.35. The molecule has 0 unspecified atom stereocenters. The van der Waals surface area contributed by atoms with Crippen LogP contribution in [0, 0.1) is 6.92 Å². The van der Waals surface area contributed by atoms with Gasteiger partial charge in [0.05, 0.1) is 0 Å². The number of nitrogens with zero attached hydrogens (tertiary/aromatic N) is 2. The third kappa shape index (κ3) is 3.31. The molecule has 3 nitrogen and oxygen atoms in total. The number of aryl methyl sites for hydroxylation is 1. The van der Waals surface area contributed by atoms with Crippen molar-refractivity contribution in [3.63, 3.8) is 0 Å². The molecule has 0 aliphatic carbocycles. The highest BCUT2D eigenvalue weighted by molar-refractivity contribution is 5.48. The Kier molecular flexibility index (Phi) is 3.95. The Balaban J connectivity index is 1.99. The number of pyridine rings is 1. The van der Waals surface area contributed by atoms with Crippen molar-refractivity contribution in [1.82, 2.24) is 9.88 Å². The van der Waals surface area contributed by atoms with Crippen LogP contribution in [0.4, 0.5) is 5.69 Å². The quantitative estimate of drug-likeness (QED) is 0.837. The van der Waals surface area contributed by atoms with E-state index >= 15 is 0 Å². The number of aromatic nitrogens is 1. The zero-order valence-corrected chi connectivity index (χ0v) is 10.9. The van der Waals surface area contributed by atoms with Gasteiger partial charge < -0.3 is 5.73 Å². The summed E-state index contributed by atoms with van der Waals surface area (Å²) in [6.07, 6.45) is 3.70. The van der Waals surface area contributed by atoms with Crippen LogP contribution in [0.25, 0.3) is 0 Å². The maximum Gasteiger partial charge on any atom is 0.0346 e. The van der Waals surface area contributed by atoms with Crippen LogP contribution in [0.15, 0.2) is 42.7 Å². The molecule has 0 spiro atoms. The zero-order valence-electron chi connectivity index (χ0n) is 10.9. The molecule has 1 aromatic carbocycles. The molecule has 1 heterocycles. The molecule has 0 atom stereocenters. The van der Waals surface area contributed by atoms with Crippen LogP contribution >= 0.6 is 0 Å². The third-order valence-electron chi connectivity index (χ3n) is 2.97. The number of anilines is 1. The second-order valence-corrected chi connectivity index (χ2v) is 4.72. The maximum absolute atomic E-state index is 5.92. The normalized spacial score (nSPS) is 10.8. The summed E-state index contributed by atoms with van der Waals surface area (Å²) in [6, 6.07) is 10.3. The monoisotopic (exact) mass is 241 g/mol. The van der Waals surface area contributed by atoms with E-state index in [2.05, 4.69) is 41.2 Å². The average molecular weight is 241 g/mol. The van der Waals surface area contributed by atoms with Gasteiger partial charge in [-0.2, -0.15) is 0 Å². The predicted molar refractivity (Wildman–Crippen MR) is 75.0 cm³/mol. The third-order valence-corrected chi connectivity index (χ3v) is 2.97. The number of rotatable bonds is 4. The van der Waals surface area contributed by atoms with Crippen molar-refractivity contribution in [2.24, 2.45) is 0 Å². The van der Waals surface area contributed by atoms with E-state index in [0.717, 1.165) is 24.3 Å². The van der Waals surface area contributed by atoms with E-state index in [-0.39, 0.29) is 0 Å². The van der Waals surface area contributed by atoms with Crippen molar-refractivity contribution in [2.75, 3.05) is 12.8 Å². The summed E-state index contributed by atoms with van der Waals surface area (Å²) in [6.45, 7) is 3.81. The van der Waals surface area contributed by atoms with Gasteiger partial charge in [-0.1, -0.05) is 18.2 Å². The van der Waals surface area contributed by atoms with Gasteiger partial charge in [-0.15, -0.1) is 0 Å². The van der Waals surface area contributed by atoms with Crippen LogP contribution in [0.3, 0.4) is 0 Å². The van der Waals surface area contributed by atoms with Crippen LogP contribution in [0.2, 0.25) is 0 Å². The van der Waals surface area contributed by atoms with Crippen molar-refractivity contribution < 1.29 is 0 Å². The van der Waals surface area contributed by atoms with Gasteiger partial charge in [0.2, 0.25) is 0 Å². The van der Waals surface area contributed by atoms with Gasteiger partial charge in [0, 0.05) is 31.2 Å². The Bertz CT molecular complexity index is 508. The van der Waals surface area contributed by atoms with Crippen molar-refractivity contribution in [2.45, 2.75) is 20.0 Å². The first-order valence-electron chi connectivity index (χ1n) is 6.07. The molecule has 2 rings (SSSR count). The van der Waals surface area contributed by atoms with Gasteiger partial charge in [-0.05, 0) is 42.8 Å². The molecule has 0 aliphatic rings.